The van der Waals surface area contributed by atoms with Crippen molar-refractivity contribution in [1.29, 1.82) is 0 Å². The van der Waals surface area contributed by atoms with Crippen LogP contribution in [0, 0.1) is 0 Å². The van der Waals surface area contributed by atoms with E-state index < -0.39 is 0 Å². The number of nitrogens with zero attached hydrogens (tertiary/aromatic N) is 1. The van der Waals surface area contributed by atoms with Crippen molar-refractivity contribution in [3.05, 3.63) is 59.7 Å². The molecule has 0 unspecified atom stereocenters. The van der Waals surface area contributed by atoms with Gasteiger partial charge in [-0.15, -0.1) is 24.0 Å². The number of hydrogen-bond donors (Lipinski definition) is 3. The minimum Gasteiger partial charge on any atom is -0.497 e. The molecule has 0 aliphatic rings. The average Bonchev–Trinajstić information content (AvgIpc) is 2.73. The molecular formula is C23H33IN4O2. The van der Waals surface area contributed by atoms with Crippen molar-refractivity contribution >= 4 is 41.5 Å². The van der Waals surface area contributed by atoms with Gasteiger partial charge in [-0.05, 0) is 55.2 Å². The van der Waals surface area contributed by atoms with Crippen LogP contribution >= 0.6 is 24.0 Å². The zero-order chi connectivity index (χ0) is 20.9. The number of anilines is 1. The number of hydrogen-bond acceptors (Lipinski definition) is 3. The third-order valence-corrected chi connectivity index (χ3v) is 4.34. The summed E-state index contributed by atoms with van der Waals surface area (Å²) in [6.45, 7) is 6.21. The first-order valence-electron chi connectivity index (χ1n) is 10.2. The molecule has 0 bridgehead atoms. The molecule has 0 saturated heterocycles. The van der Waals surface area contributed by atoms with Gasteiger partial charge in [-0.25, -0.2) is 4.99 Å². The fourth-order valence-corrected chi connectivity index (χ4v) is 2.77. The van der Waals surface area contributed by atoms with Crippen LogP contribution < -0.4 is 20.7 Å². The summed E-state index contributed by atoms with van der Waals surface area (Å²) in [4.78, 5) is 16.3. The van der Waals surface area contributed by atoms with Gasteiger partial charge in [0.15, 0.2) is 5.96 Å². The first kappa shape index (κ1) is 25.7. The summed E-state index contributed by atoms with van der Waals surface area (Å²) in [5.74, 6) is 1.71. The van der Waals surface area contributed by atoms with Gasteiger partial charge < -0.3 is 20.7 Å². The molecular weight excluding hydrogens is 491 g/mol. The first-order valence-corrected chi connectivity index (χ1v) is 10.2. The van der Waals surface area contributed by atoms with Crippen LogP contribution in [-0.2, 0) is 17.8 Å². The summed E-state index contributed by atoms with van der Waals surface area (Å²) in [7, 11) is 1.67. The number of aliphatic imine (C=N–C) groups is 1. The molecule has 2 aromatic carbocycles. The van der Waals surface area contributed by atoms with Gasteiger partial charge in [0.05, 0.1) is 13.7 Å². The number of nitrogens with one attached hydrogen (secondary N) is 3. The highest BCUT2D eigenvalue weighted by molar-refractivity contribution is 14.0. The molecule has 0 radical (unpaired) electrons. The number of carbonyl (C=O) groups is 1. The third-order valence-electron chi connectivity index (χ3n) is 4.34. The van der Waals surface area contributed by atoms with Crippen molar-refractivity contribution < 1.29 is 9.53 Å². The summed E-state index contributed by atoms with van der Waals surface area (Å²) >= 11 is 0. The van der Waals surface area contributed by atoms with E-state index in [0.29, 0.717) is 13.0 Å². The molecule has 0 atom stereocenters. The highest BCUT2D eigenvalue weighted by atomic mass is 127. The predicted octanol–water partition coefficient (Wildman–Crippen LogP) is 4.35. The van der Waals surface area contributed by atoms with Crippen LogP contribution in [0.2, 0.25) is 0 Å². The molecule has 7 heteroatoms. The zero-order valence-electron chi connectivity index (χ0n) is 18.0. The maximum atomic E-state index is 11.7. The van der Waals surface area contributed by atoms with E-state index in [1.165, 1.54) is 5.56 Å². The Morgan fingerprint density at radius 3 is 2.23 bits per heavy atom. The van der Waals surface area contributed by atoms with E-state index >= 15 is 0 Å². The number of benzene rings is 2. The summed E-state index contributed by atoms with van der Waals surface area (Å²) in [5.41, 5.74) is 3.15. The van der Waals surface area contributed by atoms with Crippen LogP contribution in [0.1, 0.15) is 37.8 Å². The van der Waals surface area contributed by atoms with Gasteiger partial charge in [-0.1, -0.05) is 31.2 Å². The Labute approximate surface area is 196 Å². The summed E-state index contributed by atoms with van der Waals surface area (Å²) < 4.78 is 5.19. The molecule has 0 spiro atoms. The largest absolute Gasteiger partial charge is 0.497 e. The van der Waals surface area contributed by atoms with E-state index in [4.69, 9.17) is 4.74 Å². The average molecular weight is 524 g/mol. The van der Waals surface area contributed by atoms with Gasteiger partial charge >= 0.3 is 0 Å². The topological polar surface area (TPSA) is 74.8 Å². The second-order valence-electron chi connectivity index (χ2n) is 6.72. The van der Waals surface area contributed by atoms with E-state index in [1.807, 2.05) is 43.3 Å². The SMILES string of the molecule is CCCC(=O)Nc1ccc(CN=C(NCC)NCCc2ccc(OC)cc2)cc1.I. The molecule has 0 heterocycles. The maximum absolute atomic E-state index is 11.7. The molecule has 0 aliphatic heterocycles. The monoisotopic (exact) mass is 524 g/mol. The van der Waals surface area contributed by atoms with Crippen LogP contribution in [0.15, 0.2) is 53.5 Å². The molecule has 164 valence electrons. The van der Waals surface area contributed by atoms with Gasteiger partial charge in [-0.3, -0.25) is 4.79 Å². The third kappa shape index (κ3) is 9.47. The number of carbonyl (C=O) groups excluding carboxylic acids is 1. The van der Waals surface area contributed by atoms with Crippen LogP contribution in [0.5, 0.6) is 5.75 Å². The first-order chi connectivity index (χ1) is 14.1. The Bertz CT molecular complexity index is 777. The molecule has 3 N–H and O–H groups in total. The van der Waals surface area contributed by atoms with Crippen molar-refractivity contribution in [3.63, 3.8) is 0 Å². The second-order valence-corrected chi connectivity index (χ2v) is 6.72. The molecule has 30 heavy (non-hydrogen) atoms. The van der Waals surface area contributed by atoms with E-state index in [9.17, 15) is 4.79 Å². The van der Waals surface area contributed by atoms with Crippen LogP contribution in [0.4, 0.5) is 5.69 Å². The fraction of sp³-hybridized carbons (Fsp3) is 0.391. The van der Waals surface area contributed by atoms with Crippen LogP contribution in [0.3, 0.4) is 0 Å². The smallest absolute Gasteiger partial charge is 0.224 e. The Hall–Kier alpha value is -2.29. The molecule has 0 fully saturated rings. The predicted molar refractivity (Wildman–Crippen MR) is 135 cm³/mol. The Morgan fingerprint density at radius 1 is 0.967 bits per heavy atom. The molecule has 0 aromatic heterocycles. The van der Waals surface area contributed by atoms with E-state index in [1.54, 1.807) is 7.11 Å². The maximum Gasteiger partial charge on any atom is 0.224 e. The summed E-state index contributed by atoms with van der Waals surface area (Å²) in [5, 5.41) is 9.54. The van der Waals surface area contributed by atoms with E-state index in [0.717, 1.165) is 48.9 Å². The van der Waals surface area contributed by atoms with E-state index in [-0.39, 0.29) is 29.9 Å². The molecule has 2 rings (SSSR count). The van der Waals surface area contributed by atoms with Gasteiger partial charge in [-0.2, -0.15) is 0 Å². The molecule has 6 nitrogen and oxygen atoms in total. The molecule has 0 saturated carbocycles. The second kappa shape index (κ2) is 14.7. The number of halogens is 1. The van der Waals surface area contributed by atoms with Gasteiger partial charge in [0.1, 0.15) is 5.75 Å². The summed E-state index contributed by atoms with van der Waals surface area (Å²) in [6.07, 6.45) is 2.29. The Balaban J connectivity index is 0.00000450. The quantitative estimate of drug-likeness (QED) is 0.246. The van der Waals surface area contributed by atoms with Crippen molar-refractivity contribution in [3.8, 4) is 5.75 Å². The van der Waals surface area contributed by atoms with Crippen molar-refractivity contribution in [1.82, 2.24) is 10.6 Å². The minimum atomic E-state index is 0. The lowest BCUT2D eigenvalue weighted by Gasteiger charge is -2.12. The van der Waals surface area contributed by atoms with E-state index in [2.05, 4.69) is 40.0 Å². The highest BCUT2D eigenvalue weighted by Crippen LogP contribution is 2.12. The highest BCUT2D eigenvalue weighted by Gasteiger charge is 2.02. The van der Waals surface area contributed by atoms with Gasteiger partial charge in [0.25, 0.3) is 0 Å². The molecule has 0 aliphatic carbocycles. The van der Waals surface area contributed by atoms with Gasteiger partial charge in [0, 0.05) is 25.2 Å². The lowest BCUT2D eigenvalue weighted by molar-refractivity contribution is -0.116. The van der Waals surface area contributed by atoms with Crippen LogP contribution in [-0.4, -0.2) is 32.1 Å². The minimum absolute atomic E-state index is 0. The van der Waals surface area contributed by atoms with Crippen LogP contribution in [0.25, 0.3) is 0 Å². The standard InChI is InChI=1S/C23H32N4O2.HI/c1-4-6-22(28)27-20-11-7-19(8-12-20)17-26-23(24-5-2)25-16-15-18-9-13-21(29-3)14-10-18;/h7-14H,4-6,15-17H2,1-3H3,(H,27,28)(H2,24,25,26);1H. The van der Waals surface area contributed by atoms with Crippen molar-refractivity contribution in [2.45, 2.75) is 39.7 Å². The summed E-state index contributed by atoms with van der Waals surface area (Å²) in [6, 6.07) is 15.9. The van der Waals surface area contributed by atoms with Crippen molar-refractivity contribution in [2.75, 3.05) is 25.5 Å². The fourth-order valence-electron chi connectivity index (χ4n) is 2.77. The Kier molecular flexibility index (Phi) is 12.6. The number of ether oxygens (including phenoxy) is 1. The number of methoxy groups -OCH3 is 1. The van der Waals surface area contributed by atoms with Crippen molar-refractivity contribution in [2.24, 2.45) is 4.99 Å². The Morgan fingerprint density at radius 2 is 1.63 bits per heavy atom. The number of amides is 1. The lowest BCUT2D eigenvalue weighted by atomic mass is 10.1. The molecule has 1 amide bonds. The van der Waals surface area contributed by atoms with Gasteiger partial charge in [0.2, 0.25) is 5.91 Å². The normalized spacial score (nSPS) is 10.7. The zero-order valence-corrected chi connectivity index (χ0v) is 20.4. The lowest BCUT2D eigenvalue weighted by Crippen LogP contribution is -2.38. The molecule has 2 aromatic rings. The number of rotatable bonds is 10. The number of guanidine groups is 1.